The van der Waals surface area contributed by atoms with Gasteiger partial charge in [0.1, 0.15) is 14.1 Å². The number of carbonyl (C=O) groups is 1. The Labute approximate surface area is 149 Å². The average molecular weight is 392 g/mol. The van der Waals surface area contributed by atoms with Gasteiger partial charge in [0, 0.05) is 19.2 Å². The van der Waals surface area contributed by atoms with Gasteiger partial charge < -0.3 is 14.0 Å². The van der Waals surface area contributed by atoms with Gasteiger partial charge in [0.2, 0.25) is 0 Å². The maximum absolute atomic E-state index is 12.6. The van der Waals surface area contributed by atoms with Crippen molar-refractivity contribution in [2.24, 2.45) is 0 Å². The first-order valence-electron chi connectivity index (χ1n) is 7.93. The van der Waals surface area contributed by atoms with Gasteiger partial charge >= 0.3 is 5.97 Å². The molecule has 0 radical (unpaired) electrons. The molecule has 0 N–H and O–H groups in total. The average Bonchev–Trinajstić information content (AvgIpc) is 2.53. The lowest BCUT2D eigenvalue weighted by Crippen LogP contribution is -2.47. The van der Waals surface area contributed by atoms with Crippen LogP contribution in [0.4, 0.5) is 0 Å². The van der Waals surface area contributed by atoms with E-state index in [1.807, 2.05) is 30.3 Å². The van der Waals surface area contributed by atoms with Crippen LogP contribution in [0.2, 0.25) is 0 Å². The molecule has 2 unspecified atom stereocenters. The molecule has 0 fully saturated rings. The first-order chi connectivity index (χ1) is 11.7. The first kappa shape index (κ1) is 21.8. The largest absolute Gasteiger partial charge is 0.464 e. The van der Waals surface area contributed by atoms with Crippen LogP contribution in [0.25, 0.3) is 0 Å². The quantitative estimate of drug-likeness (QED) is 0.323. The van der Waals surface area contributed by atoms with E-state index in [0.29, 0.717) is 0 Å². The van der Waals surface area contributed by atoms with Crippen LogP contribution in [0, 0.1) is 0 Å². The molecule has 0 aromatic heterocycles. The van der Waals surface area contributed by atoms with E-state index in [2.05, 4.69) is 4.18 Å². The number of benzene rings is 1. The second-order valence-corrected chi connectivity index (χ2v) is 8.86. The smallest absolute Gasteiger partial charge is 0.339 e. The van der Waals surface area contributed by atoms with E-state index in [9.17, 15) is 17.8 Å². The van der Waals surface area contributed by atoms with Gasteiger partial charge in [0.25, 0.3) is 10.1 Å². The minimum absolute atomic E-state index is 0.156. The van der Waals surface area contributed by atoms with Gasteiger partial charge in [-0.15, -0.1) is 0 Å². The molecule has 1 aromatic rings. The Kier molecular flexibility index (Phi) is 8.79. The summed E-state index contributed by atoms with van der Waals surface area (Å²) in [6.07, 6.45) is 0.435. The molecule has 0 spiro atoms. The van der Waals surface area contributed by atoms with Crippen LogP contribution in [0.15, 0.2) is 30.3 Å². The molecule has 0 bridgehead atoms. The molecule has 1 rings (SSSR count). The third-order valence-corrected chi connectivity index (χ3v) is 5.50. The van der Waals surface area contributed by atoms with E-state index in [1.165, 1.54) is 0 Å². The molecule has 9 heteroatoms. The summed E-state index contributed by atoms with van der Waals surface area (Å²) in [4.78, 5) is 12.6. The second kappa shape index (κ2) is 10.1. The van der Waals surface area contributed by atoms with E-state index < -0.39 is 35.8 Å². The number of hydrogen-bond acceptors (Lipinski definition) is 7. The molecule has 25 heavy (non-hydrogen) atoms. The molecular formula is C16H25O7PS. The second-order valence-electron chi connectivity index (χ2n) is 5.49. The highest BCUT2D eigenvalue weighted by Crippen LogP contribution is 2.33. The van der Waals surface area contributed by atoms with Crippen molar-refractivity contribution in [3.63, 3.8) is 0 Å². The first-order valence-corrected chi connectivity index (χ1v) is 11.6. The third-order valence-electron chi connectivity index (χ3n) is 3.32. The summed E-state index contributed by atoms with van der Waals surface area (Å²) >= 11 is 0. The van der Waals surface area contributed by atoms with Crippen molar-refractivity contribution in [1.82, 2.24) is 0 Å². The fourth-order valence-corrected chi connectivity index (χ4v) is 4.87. The van der Waals surface area contributed by atoms with E-state index in [-0.39, 0.29) is 25.8 Å². The van der Waals surface area contributed by atoms with Crippen molar-refractivity contribution in [3.8, 4) is 0 Å². The molecule has 0 amide bonds. The van der Waals surface area contributed by atoms with Crippen molar-refractivity contribution in [1.29, 1.82) is 0 Å². The number of rotatable bonds is 11. The summed E-state index contributed by atoms with van der Waals surface area (Å²) in [6, 6.07) is 9.16. The predicted molar refractivity (Wildman–Crippen MR) is 95.8 cm³/mol. The van der Waals surface area contributed by atoms with Crippen molar-refractivity contribution in [3.05, 3.63) is 35.9 Å². The molecule has 1 aromatic carbocycles. The van der Waals surface area contributed by atoms with Crippen LogP contribution in [0.3, 0.4) is 0 Å². The number of hydrogen-bond donors (Lipinski definition) is 0. The molecule has 142 valence electrons. The molecule has 0 aliphatic carbocycles. The van der Waals surface area contributed by atoms with Crippen molar-refractivity contribution in [2.75, 3.05) is 32.0 Å². The predicted octanol–water partition coefficient (Wildman–Crippen LogP) is 2.06. The molecule has 0 heterocycles. The molecule has 2 atom stereocenters. The highest BCUT2D eigenvalue weighted by Gasteiger charge is 2.42. The highest BCUT2D eigenvalue weighted by molar-refractivity contribution is 7.86. The van der Waals surface area contributed by atoms with Crippen LogP contribution in [-0.2, 0) is 39.6 Å². The Morgan fingerprint density at radius 1 is 1.16 bits per heavy atom. The van der Waals surface area contributed by atoms with E-state index in [1.54, 1.807) is 13.8 Å². The van der Waals surface area contributed by atoms with Crippen LogP contribution < -0.4 is 0 Å². The lowest BCUT2D eigenvalue weighted by molar-refractivity contribution is -0.168. The molecule has 7 nitrogen and oxygen atoms in total. The highest BCUT2D eigenvalue weighted by atomic mass is 32.2. The molecule has 0 aliphatic heterocycles. The lowest BCUT2D eigenvalue weighted by Gasteiger charge is -2.31. The van der Waals surface area contributed by atoms with Crippen LogP contribution >= 0.6 is 7.80 Å². The van der Waals surface area contributed by atoms with Gasteiger partial charge in [0.05, 0.1) is 12.9 Å². The Hall–Kier alpha value is -1.21. The SMILES string of the molecule is CCOC(=O)C(Cc1ccccc1)(C[PH](=O)COS(C)(=O)=O)OCC. The fraction of sp³-hybridized carbons (Fsp3) is 0.562. The molecular weight excluding hydrogens is 367 g/mol. The summed E-state index contributed by atoms with van der Waals surface area (Å²) in [5, 5.41) is 0. The Morgan fingerprint density at radius 2 is 1.80 bits per heavy atom. The number of carbonyl (C=O) groups excluding carboxylic acids is 1. The number of esters is 1. The van der Waals surface area contributed by atoms with Crippen molar-refractivity contribution in [2.45, 2.75) is 25.9 Å². The molecule has 0 saturated carbocycles. The standard InChI is InChI=1S/C16H25O7PS/c1-4-21-15(17)16(22-5-2,11-14-9-7-6-8-10-14)12-24(18)13-23-25(3,19)20/h6-10,24H,4-5,11-13H2,1-3H3. The third kappa shape index (κ3) is 7.69. The maximum atomic E-state index is 12.6. The fourth-order valence-electron chi connectivity index (χ4n) is 2.37. The number of ether oxygens (including phenoxy) is 2. The maximum Gasteiger partial charge on any atom is 0.339 e. The topological polar surface area (TPSA) is 96.0 Å². The summed E-state index contributed by atoms with van der Waals surface area (Å²) in [5.74, 6) is -0.613. The van der Waals surface area contributed by atoms with Crippen molar-refractivity contribution < 1.29 is 31.4 Å². The zero-order valence-electron chi connectivity index (χ0n) is 14.7. The molecule has 0 aliphatic rings. The Balaban J connectivity index is 3.06. The van der Waals surface area contributed by atoms with E-state index >= 15 is 0 Å². The lowest BCUT2D eigenvalue weighted by atomic mass is 9.96. The zero-order valence-corrected chi connectivity index (χ0v) is 16.5. The van der Waals surface area contributed by atoms with Crippen LogP contribution in [-0.4, -0.2) is 52.0 Å². The summed E-state index contributed by atoms with van der Waals surface area (Å²) in [6.45, 7) is 3.77. The van der Waals surface area contributed by atoms with Crippen molar-refractivity contribution >= 4 is 23.9 Å². The van der Waals surface area contributed by atoms with E-state index in [4.69, 9.17) is 9.47 Å². The van der Waals surface area contributed by atoms with Gasteiger partial charge in [0.15, 0.2) is 5.60 Å². The minimum atomic E-state index is -3.71. The van der Waals surface area contributed by atoms with Crippen LogP contribution in [0.1, 0.15) is 19.4 Å². The minimum Gasteiger partial charge on any atom is -0.464 e. The van der Waals surface area contributed by atoms with Gasteiger partial charge in [-0.3, -0.25) is 4.18 Å². The van der Waals surface area contributed by atoms with Gasteiger partial charge in [-0.25, -0.2) is 4.79 Å². The van der Waals surface area contributed by atoms with Gasteiger partial charge in [-0.05, 0) is 19.4 Å². The molecule has 0 saturated heterocycles. The van der Waals surface area contributed by atoms with E-state index in [0.717, 1.165) is 11.8 Å². The van der Waals surface area contributed by atoms with Crippen LogP contribution in [0.5, 0.6) is 0 Å². The normalized spacial score (nSPS) is 15.3. The monoisotopic (exact) mass is 392 g/mol. The summed E-state index contributed by atoms with van der Waals surface area (Å²) in [7, 11) is -6.27. The summed E-state index contributed by atoms with van der Waals surface area (Å²) < 4.78 is 50.0. The van der Waals surface area contributed by atoms with Gasteiger partial charge in [-0.1, -0.05) is 30.3 Å². The zero-order chi connectivity index (χ0) is 18.9. The summed E-state index contributed by atoms with van der Waals surface area (Å²) in [5.41, 5.74) is -0.619. The Bertz CT molecular complexity index is 675. The van der Waals surface area contributed by atoms with Gasteiger partial charge in [-0.2, -0.15) is 8.42 Å². The Morgan fingerprint density at radius 3 is 2.32 bits per heavy atom.